The van der Waals surface area contributed by atoms with E-state index in [0.29, 0.717) is 0 Å². The molecule has 2 aliphatic heterocycles. The van der Waals surface area contributed by atoms with Crippen LogP contribution in [0.1, 0.15) is 29.3 Å². The Balaban J connectivity index is 1.84. The van der Waals surface area contributed by atoms with Crippen molar-refractivity contribution in [1.82, 2.24) is 4.90 Å². The summed E-state index contributed by atoms with van der Waals surface area (Å²) in [5.74, 6) is -1.16. The summed E-state index contributed by atoms with van der Waals surface area (Å²) in [6.07, 6.45) is -0.753. The molecule has 0 saturated carbocycles. The van der Waals surface area contributed by atoms with Gasteiger partial charge in [0, 0.05) is 19.2 Å². The number of amides is 2. The monoisotopic (exact) mass is 554 g/mol. The van der Waals surface area contributed by atoms with Gasteiger partial charge in [-0.2, -0.15) is 0 Å². The van der Waals surface area contributed by atoms with E-state index < -0.39 is 40.6 Å². The Kier molecular flexibility index (Phi) is 7.38. The van der Waals surface area contributed by atoms with Crippen LogP contribution >= 0.6 is 34.8 Å². The lowest BCUT2D eigenvalue weighted by Gasteiger charge is -2.32. The van der Waals surface area contributed by atoms with Crippen molar-refractivity contribution in [3.63, 3.8) is 0 Å². The number of carbonyl (C=O) groups is 3. The summed E-state index contributed by atoms with van der Waals surface area (Å²) in [5.41, 5.74) is 1.58. The molecule has 0 fully saturated rings. The first-order valence-corrected chi connectivity index (χ1v) is 11.8. The number of alkyl halides is 3. The van der Waals surface area contributed by atoms with Gasteiger partial charge < -0.3 is 24.2 Å². The van der Waals surface area contributed by atoms with Gasteiger partial charge in [-0.1, -0.05) is 65.1 Å². The highest BCUT2D eigenvalue weighted by Gasteiger charge is 2.46. The van der Waals surface area contributed by atoms with Crippen molar-refractivity contribution in [1.29, 1.82) is 0 Å². The Morgan fingerprint density at radius 2 is 1.83 bits per heavy atom. The third kappa shape index (κ3) is 5.24. The van der Waals surface area contributed by atoms with Crippen LogP contribution in [0.4, 0.5) is 10.5 Å². The molecule has 2 heterocycles. The predicted octanol–water partition coefficient (Wildman–Crippen LogP) is 4.52. The number of halogens is 3. The van der Waals surface area contributed by atoms with E-state index in [2.05, 4.69) is 0 Å². The normalized spacial score (nSPS) is 19.2. The maximum Gasteiger partial charge on any atom is 0.416 e. The second kappa shape index (κ2) is 10.2. The Morgan fingerprint density at radius 1 is 1.14 bits per heavy atom. The van der Waals surface area contributed by atoms with E-state index in [1.807, 2.05) is 30.3 Å². The minimum Gasteiger partial charge on any atom is -0.493 e. The summed E-state index contributed by atoms with van der Waals surface area (Å²) in [4.78, 5) is 40.8. The van der Waals surface area contributed by atoms with Gasteiger partial charge in [0.05, 0.1) is 24.4 Å². The van der Waals surface area contributed by atoms with Crippen molar-refractivity contribution in [3.05, 3.63) is 59.8 Å². The molecule has 2 atom stereocenters. The molecule has 36 heavy (non-hydrogen) atoms. The second-order valence-electron chi connectivity index (χ2n) is 8.07. The molecule has 0 spiro atoms. The smallest absolute Gasteiger partial charge is 0.416 e. The van der Waals surface area contributed by atoms with Crippen LogP contribution < -0.4 is 14.4 Å². The molecule has 2 aromatic carbocycles. The van der Waals surface area contributed by atoms with Gasteiger partial charge in [0.1, 0.15) is 6.61 Å². The number of aliphatic hydroxyl groups is 1. The van der Waals surface area contributed by atoms with E-state index in [1.165, 1.54) is 31.1 Å². The first-order chi connectivity index (χ1) is 17.0. The van der Waals surface area contributed by atoms with E-state index in [-0.39, 0.29) is 29.2 Å². The molecule has 190 valence electrons. The van der Waals surface area contributed by atoms with Gasteiger partial charge in [0.2, 0.25) is 3.79 Å². The molecule has 0 aromatic heterocycles. The van der Waals surface area contributed by atoms with Crippen LogP contribution in [-0.4, -0.2) is 57.8 Å². The molecule has 9 nitrogen and oxygen atoms in total. The van der Waals surface area contributed by atoms with Crippen LogP contribution in [0.25, 0.3) is 5.57 Å². The van der Waals surface area contributed by atoms with Crippen LogP contribution in [-0.2, 0) is 9.53 Å². The van der Waals surface area contributed by atoms with E-state index in [9.17, 15) is 19.5 Å². The lowest BCUT2D eigenvalue weighted by atomic mass is 10.0. The number of carbonyl (C=O) groups excluding carboxylic acids is 3. The van der Waals surface area contributed by atoms with Crippen molar-refractivity contribution in [3.8, 4) is 11.5 Å². The molecule has 1 N–H and O–H groups in total. The van der Waals surface area contributed by atoms with Gasteiger partial charge in [-0.15, -0.1) is 0 Å². The highest BCUT2D eigenvalue weighted by atomic mass is 35.6. The Morgan fingerprint density at radius 3 is 2.44 bits per heavy atom. The molecular formula is C24H21Cl3N2O7. The average molecular weight is 556 g/mol. The van der Waals surface area contributed by atoms with Crippen molar-refractivity contribution >= 4 is 64.0 Å². The quantitative estimate of drug-likeness (QED) is 0.336. The van der Waals surface area contributed by atoms with E-state index in [0.717, 1.165) is 16.0 Å². The van der Waals surface area contributed by atoms with Crippen LogP contribution in [0.3, 0.4) is 0 Å². The topological polar surface area (TPSA) is 106 Å². The summed E-state index contributed by atoms with van der Waals surface area (Å²) in [6, 6.07) is 11.1. The van der Waals surface area contributed by atoms with Crippen LogP contribution in [0.5, 0.6) is 11.5 Å². The van der Waals surface area contributed by atoms with Crippen molar-refractivity contribution in [2.45, 2.75) is 29.4 Å². The zero-order chi connectivity index (χ0) is 26.2. The molecule has 0 radical (unpaired) electrons. The van der Waals surface area contributed by atoms with E-state index >= 15 is 0 Å². The zero-order valence-corrected chi connectivity index (χ0v) is 21.4. The molecule has 2 aliphatic rings. The van der Waals surface area contributed by atoms with Crippen LogP contribution in [0.15, 0.2) is 48.7 Å². The lowest BCUT2D eigenvalue weighted by molar-refractivity contribution is -0.132. The van der Waals surface area contributed by atoms with Crippen molar-refractivity contribution in [2.24, 2.45) is 0 Å². The van der Waals surface area contributed by atoms with Gasteiger partial charge in [0.15, 0.2) is 17.7 Å². The largest absolute Gasteiger partial charge is 0.493 e. The number of benzene rings is 2. The van der Waals surface area contributed by atoms with E-state index in [1.54, 1.807) is 6.20 Å². The highest BCUT2D eigenvalue weighted by Crippen LogP contribution is 2.43. The molecular weight excluding hydrogens is 535 g/mol. The first kappa shape index (κ1) is 26.1. The molecule has 2 aromatic rings. The fourth-order valence-corrected chi connectivity index (χ4v) is 4.29. The van der Waals surface area contributed by atoms with Crippen LogP contribution in [0.2, 0.25) is 0 Å². The molecule has 1 unspecified atom stereocenters. The maximum absolute atomic E-state index is 13.7. The van der Waals surface area contributed by atoms with Crippen LogP contribution in [0, 0.1) is 0 Å². The van der Waals surface area contributed by atoms with Gasteiger partial charge in [0.25, 0.3) is 5.91 Å². The Hall–Kier alpha value is -2.98. The van der Waals surface area contributed by atoms with Gasteiger partial charge in [-0.25, -0.2) is 9.69 Å². The van der Waals surface area contributed by atoms with Gasteiger partial charge >= 0.3 is 12.1 Å². The lowest BCUT2D eigenvalue weighted by Crippen LogP contribution is -2.50. The van der Waals surface area contributed by atoms with Gasteiger partial charge in [-0.05, 0) is 23.6 Å². The van der Waals surface area contributed by atoms with Crippen molar-refractivity contribution in [2.75, 3.05) is 18.6 Å². The maximum atomic E-state index is 13.7. The number of anilines is 1. The third-order valence-electron chi connectivity index (χ3n) is 5.65. The summed E-state index contributed by atoms with van der Waals surface area (Å²) in [5, 5.41) is 11.4. The number of nitrogens with zero attached hydrogens (tertiary/aromatic N) is 2. The molecule has 0 saturated heterocycles. The fourth-order valence-electron chi connectivity index (χ4n) is 4.13. The predicted molar refractivity (Wildman–Crippen MR) is 133 cm³/mol. The highest BCUT2D eigenvalue weighted by molar-refractivity contribution is 6.67. The van der Waals surface area contributed by atoms with E-state index in [4.69, 9.17) is 49.0 Å². The zero-order valence-electron chi connectivity index (χ0n) is 19.1. The Labute approximate surface area is 221 Å². The average Bonchev–Trinajstić information content (AvgIpc) is 3.25. The van der Waals surface area contributed by atoms with Crippen molar-refractivity contribution < 1.29 is 33.7 Å². The second-order valence-corrected chi connectivity index (χ2v) is 10.6. The summed E-state index contributed by atoms with van der Waals surface area (Å²) < 4.78 is 13.7. The number of fused-ring (bicyclic) bond motifs is 2. The molecule has 4 rings (SSSR count). The molecule has 12 heteroatoms. The standard InChI is InChI=1S/C24H21Cl3N2O7/c1-13(30)36-20-10-17-16(9-19(20)34-2)21(31)28-11-15(14-6-4-3-5-7-14)8-18(28)22(32)29(17)23(33)35-12-24(25,26)27/h3-7,9-11,18,22,32H,8,12H2,1-2H3/t18-,22?/m0/s1. The molecule has 2 amide bonds. The molecule has 0 aliphatic carbocycles. The first-order valence-electron chi connectivity index (χ1n) is 10.7. The summed E-state index contributed by atoms with van der Waals surface area (Å²) in [6.45, 7) is 0.571. The number of ether oxygens (including phenoxy) is 3. The minimum atomic E-state index is -1.91. The van der Waals surface area contributed by atoms with Gasteiger partial charge in [-0.3, -0.25) is 9.59 Å². The minimum absolute atomic E-state index is 0.000646. The summed E-state index contributed by atoms with van der Waals surface area (Å²) >= 11 is 17.2. The number of aliphatic hydroxyl groups excluding tert-OH is 1. The fraction of sp³-hybridized carbons (Fsp3) is 0.292. The number of hydrogen-bond acceptors (Lipinski definition) is 7. The number of esters is 1. The SMILES string of the molecule is COc1cc2c(cc1OC(C)=O)N(C(=O)OCC(Cl)(Cl)Cl)C(O)[C@@H]1CC(c3ccccc3)=CN1C2=O. The number of rotatable bonds is 4. The summed E-state index contributed by atoms with van der Waals surface area (Å²) in [7, 11) is 1.34. The molecule has 0 bridgehead atoms. The third-order valence-corrected chi connectivity index (χ3v) is 5.98. The number of hydrogen-bond donors (Lipinski definition) is 1. The number of methoxy groups -OCH3 is 1. The Bertz CT molecular complexity index is 1230.